The molecule has 0 radical (unpaired) electrons. The van der Waals surface area contributed by atoms with E-state index in [1.165, 1.54) is 0 Å². The molecule has 5 heteroatoms. The van der Waals surface area contributed by atoms with Gasteiger partial charge in [0.1, 0.15) is 0 Å². The first-order valence-electron chi connectivity index (χ1n) is 5.74. The number of aliphatic hydroxyl groups excluding tert-OH is 1. The first-order chi connectivity index (χ1) is 7.92. The van der Waals surface area contributed by atoms with Gasteiger partial charge < -0.3 is 20.7 Å². The minimum atomic E-state index is -0.416. The largest absolute Gasteiger partial charge is 0.504 e. The van der Waals surface area contributed by atoms with Crippen LogP contribution in [0.5, 0.6) is 11.5 Å². The molecule has 1 aromatic carbocycles. The monoisotopic (exact) mass is 275 g/mol. The van der Waals surface area contributed by atoms with Crippen LogP contribution >= 0.6 is 12.4 Å². The van der Waals surface area contributed by atoms with Gasteiger partial charge in [-0.15, -0.1) is 12.4 Å². The maximum absolute atomic E-state index is 9.59. The van der Waals surface area contributed by atoms with Crippen molar-refractivity contribution in [2.24, 2.45) is 11.1 Å². The first-order valence-corrected chi connectivity index (χ1v) is 5.74. The fraction of sp³-hybridized carbons (Fsp3) is 0.538. The molecule has 1 rings (SSSR count). The van der Waals surface area contributed by atoms with Crippen LogP contribution < -0.4 is 10.5 Å². The van der Waals surface area contributed by atoms with Crippen LogP contribution in [0, 0.1) is 5.41 Å². The molecule has 1 aromatic rings. The van der Waals surface area contributed by atoms with Gasteiger partial charge in [0, 0.05) is 18.1 Å². The average molecular weight is 276 g/mol. The molecule has 1 atom stereocenters. The molecular weight excluding hydrogens is 254 g/mol. The standard InChI is InChI=1S/C13H21NO3.ClH/c1-4-17-11-7-9(5-6-10(11)16)12(14)13(2,3)8-15;/h5-7,12,15-16H,4,8,14H2,1-3H3;1H/t12-;/m0./s1. The van der Waals surface area contributed by atoms with Crippen LogP contribution in [0.25, 0.3) is 0 Å². The lowest BCUT2D eigenvalue weighted by Gasteiger charge is -2.30. The van der Waals surface area contributed by atoms with Gasteiger partial charge in [0.25, 0.3) is 0 Å². The molecule has 0 amide bonds. The van der Waals surface area contributed by atoms with Crippen LogP contribution in [0.3, 0.4) is 0 Å². The lowest BCUT2D eigenvalue weighted by molar-refractivity contribution is 0.132. The first kappa shape index (κ1) is 17.0. The zero-order valence-electron chi connectivity index (χ0n) is 11.0. The van der Waals surface area contributed by atoms with Crippen molar-refractivity contribution < 1.29 is 14.9 Å². The van der Waals surface area contributed by atoms with Crippen LogP contribution in [0.15, 0.2) is 18.2 Å². The molecular formula is C13H22ClNO3. The highest BCUT2D eigenvalue weighted by atomic mass is 35.5. The lowest BCUT2D eigenvalue weighted by Crippen LogP contribution is -2.32. The minimum Gasteiger partial charge on any atom is -0.504 e. The number of nitrogens with two attached hydrogens (primary N) is 1. The maximum atomic E-state index is 9.59. The number of aromatic hydroxyl groups is 1. The van der Waals surface area contributed by atoms with Crippen molar-refractivity contribution in [1.29, 1.82) is 0 Å². The lowest BCUT2D eigenvalue weighted by atomic mass is 9.82. The molecule has 0 aliphatic carbocycles. The smallest absolute Gasteiger partial charge is 0.161 e. The predicted octanol–water partition coefficient (Wildman–Crippen LogP) is 2.23. The summed E-state index contributed by atoms with van der Waals surface area (Å²) in [6, 6.07) is 4.72. The summed E-state index contributed by atoms with van der Waals surface area (Å²) in [5.74, 6) is 0.527. The Bertz CT molecular complexity index is 382. The number of hydrogen-bond donors (Lipinski definition) is 3. The van der Waals surface area contributed by atoms with E-state index in [-0.39, 0.29) is 30.8 Å². The van der Waals surface area contributed by atoms with Crippen molar-refractivity contribution in [3.8, 4) is 11.5 Å². The van der Waals surface area contributed by atoms with Crippen LogP contribution in [0.1, 0.15) is 32.4 Å². The highest BCUT2D eigenvalue weighted by Gasteiger charge is 2.27. The quantitative estimate of drug-likeness (QED) is 0.770. The number of halogens is 1. The van der Waals surface area contributed by atoms with Gasteiger partial charge in [-0.2, -0.15) is 0 Å². The van der Waals surface area contributed by atoms with E-state index >= 15 is 0 Å². The molecule has 0 saturated heterocycles. The predicted molar refractivity (Wildman–Crippen MR) is 74.3 cm³/mol. The Hall–Kier alpha value is -0.970. The molecule has 0 spiro atoms. The summed E-state index contributed by atoms with van der Waals surface area (Å²) < 4.78 is 5.31. The molecule has 4 nitrogen and oxygen atoms in total. The van der Waals surface area contributed by atoms with Gasteiger partial charge in [-0.1, -0.05) is 19.9 Å². The van der Waals surface area contributed by atoms with E-state index in [1.807, 2.05) is 20.8 Å². The molecule has 0 aliphatic rings. The third-order valence-electron chi connectivity index (χ3n) is 2.89. The highest BCUT2D eigenvalue weighted by Crippen LogP contribution is 2.35. The van der Waals surface area contributed by atoms with Crippen LogP contribution in [-0.4, -0.2) is 23.4 Å². The maximum Gasteiger partial charge on any atom is 0.161 e. The Morgan fingerprint density at radius 2 is 2.00 bits per heavy atom. The minimum absolute atomic E-state index is 0. The molecule has 4 N–H and O–H groups in total. The molecule has 104 valence electrons. The molecule has 0 heterocycles. The Balaban J connectivity index is 0.00000289. The van der Waals surface area contributed by atoms with Gasteiger partial charge >= 0.3 is 0 Å². The summed E-state index contributed by atoms with van der Waals surface area (Å²) in [5.41, 5.74) is 6.52. The van der Waals surface area contributed by atoms with Gasteiger partial charge in [-0.3, -0.25) is 0 Å². The van der Waals surface area contributed by atoms with Crippen molar-refractivity contribution in [3.63, 3.8) is 0 Å². The Morgan fingerprint density at radius 3 is 2.50 bits per heavy atom. The average Bonchev–Trinajstić information content (AvgIpc) is 2.31. The van der Waals surface area contributed by atoms with E-state index in [2.05, 4.69) is 0 Å². The van der Waals surface area contributed by atoms with E-state index in [0.717, 1.165) is 5.56 Å². The topological polar surface area (TPSA) is 75.7 Å². The van der Waals surface area contributed by atoms with Gasteiger partial charge in [0.2, 0.25) is 0 Å². The van der Waals surface area contributed by atoms with Crippen LogP contribution in [0.2, 0.25) is 0 Å². The number of rotatable bonds is 5. The van der Waals surface area contributed by atoms with Crippen molar-refractivity contribution in [1.82, 2.24) is 0 Å². The molecule has 0 unspecified atom stereocenters. The van der Waals surface area contributed by atoms with Gasteiger partial charge in [-0.25, -0.2) is 0 Å². The fourth-order valence-electron chi connectivity index (χ4n) is 1.54. The number of hydrogen-bond acceptors (Lipinski definition) is 4. The zero-order valence-corrected chi connectivity index (χ0v) is 11.8. The highest BCUT2D eigenvalue weighted by molar-refractivity contribution is 5.85. The summed E-state index contributed by atoms with van der Waals surface area (Å²) in [7, 11) is 0. The number of benzene rings is 1. The van der Waals surface area contributed by atoms with Crippen molar-refractivity contribution >= 4 is 12.4 Å². The van der Waals surface area contributed by atoms with Gasteiger partial charge in [0.15, 0.2) is 11.5 Å². The van der Waals surface area contributed by atoms with Crippen LogP contribution in [0.4, 0.5) is 0 Å². The zero-order chi connectivity index (χ0) is 13.1. The Kier molecular flexibility index (Phi) is 6.46. The summed E-state index contributed by atoms with van der Waals surface area (Å²) >= 11 is 0. The van der Waals surface area contributed by atoms with E-state index in [1.54, 1.807) is 18.2 Å². The fourth-order valence-corrected chi connectivity index (χ4v) is 1.54. The number of phenols is 1. The van der Waals surface area contributed by atoms with E-state index in [0.29, 0.717) is 12.4 Å². The Labute approximate surface area is 114 Å². The molecule has 0 aliphatic heterocycles. The van der Waals surface area contributed by atoms with E-state index in [4.69, 9.17) is 10.5 Å². The molecule has 0 saturated carbocycles. The summed E-state index contributed by atoms with van der Waals surface area (Å²) in [6.07, 6.45) is 0. The van der Waals surface area contributed by atoms with Gasteiger partial charge in [0.05, 0.1) is 6.61 Å². The summed E-state index contributed by atoms with van der Waals surface area (Å²) in [6.45, 7) is 6.12. The van der Waals surface area contributed by atoms with E-state index < -0.39 is 5.41 Å². The van der Waals surface area contributed by atoms with Crippen molar-refractivity contribution in [2.45, 2.75) is 26.8 Å². The van der Waals surface area contributed by atoms with Crippen LogP contribution in [-0.2, 0) is 0 Å². The SMILES string of the molecule is CCOc1cc([C@H](N)C(C)(C)CO)ccc1O.Cl. The molecule has 0 fully saturated rings. The molecule has 0 bridgehead atoms. The number of aliphatic hydroxyl groups is 1. The van der Waals surface area contributed by atoms with Crippen molar-refractivity contribution in [2.75, 3.05) is 13.2 Å². The van der Waals surface area contributed by atoms with Gasteiger partial charge in [-0.05, 0) is 24.6 Å². The third-order valence-corrected chi connectivity index (χ3v) is 2.89. The number of ether oxygens (including phenoxy) is 1. The van der Waals surface area contributed by atoms with E-state index in [9.17, 15) is 10.2 Å². The molecule has 18 heavy (non-hydrogen) atoms. The molecule has 0 aromatic heterocycles. The van der Waals surface area contributed by atoms with Crippen molar-refractivity contribution in [3.05, 3.63) is 23.8 Å². The summed E-state index contributed by atoms with van der Waals surface area (Å²) in [4.78, 5) is 0. The second kappa shape index (κ2) is 6.83. The second-order valence-corrected chi connectivity index (χ2v) is 4.78. The second-order valence-electron chi connectivity index (χ2n) is 4.78. The number of phenolic OH excluding ortho intramolecular Hbond substituents is 1. The third kappa shape index (κ3) is 3.77. The Morgan fingerprint density at radius 1 is 1.39 bits per heavy atom. The normalized spacial score (nSPS) is 12.7. The summed E-state index contributed by atoms with van der Waals surface area (Å²) in [5, 5.41) is 18.9.